The van der Waals surface area contributed by atoms with Crippen LogP contribution in [0.1, 0.15) is 36.0 Å². The zero-order chi connectivity index (χ0) is 15.8. The summed E-state index contributed by atoms with van der Waals surface area (Å²) in [5, 5.41) is 6.97. The number of carbonyl (C=O) groups excluding carboxylic acids is 1. The van der Waals surface area contributed by atoms with Crippen molar-refractivity contribution in [3.05, 3.63) is 41.4 Å². The van der Waals surface area contributed by atoms with Crippen LogP contribution in [-0.2, 0) is 0 Å². The fraction of sp³-hybridized carbons (Fsp3) is 0.471. The molecule has 1 saturated heterocycles. The molecule has 120 valence electrons. The molecule has 0 spiro atoms. The van der Waals surface area contributed by atoms with Gasteiger partial charge in [0, 0.05) is 17.6 Å². The number of carbonyl (C=O) groups is 1. The van der Waals surface area contributed by atoms with E-state index in [0.717, 1.165) is 13.0 Å². The molecule has 1 aliphatic heterocycles. The van der Waals surface area contributed by atoms with Crippen molar-refractivity contribution in [2.75, 3.05) is 19.7 Å². The SMILES string of the molecule is C=CCOc1cc(Cl)ccc1C(=O)NCCC1CCCCN1. The van der Waals surface area contributed by atoms with Crippen molar-refractivity contribution in [2.45, 2.75) is 31.7 Å². The van der Waals surface area contributed by atoms with Crippen molar-refractivity contribution in [1.29, 1.82) is 0 Å². The van der Waals surface area contributed by atoms with Crippen LogP contribution in [0.25, 0.3) is 0 Å². The molecule has 2 N–H and O–H groups in total. The van der Waals surface area contributed by atoms with Crippen LogP contribution in [0.15, 0.2) is 30.9 Å². The molecule has 1 heterocycles. The molecule has 1 aliphatic rings. The first-order chi connectivity index (χ1) is 10.7. The number of benzene rings is 1. The van der Waals surface area contributed by atoms with Crippen LogP contribution < -0.4 is 15.4 Å². The highest BCUT2D eigenvalue weighted by Gasteiger charge is 2.15. The van der Waals surface area contributed by atoms with Gasteiger partial charge in [0.15, 0.2) is 0 Å². The van der Waals surface area contributed by atoms with E-state index in [1.807, 2.05) is 0 Å². The maximum Gasteiger partial charge on any atom is 0.255 e. The maximum absolute atomic E-state index is 12.3. The number of nitrogens with one attached hydrogen (secondary N) is 2. The molecule has 1 fully saturated rings. The van der Waals surface area contributed by atoms with Gasteiger partial charge < -0.3 is 15.4 Å². The minimum atomic E-state index is -0.133. The highest BCUT2D eigenvalue weighted by atomic mass is 35.5. The highest BCUT2D eigenvalue weighted by Crippen LogP contribution is 2.23. The normalized spacial score (nSPS) is 17.8. The van der Waals surface area contributed by atoms with Crippen molar-refractivity contribution < 1.29 is 9.53 Å². The molecule has 0 bridgehead atoms. The molecule has 5 heteroatoms. The summed E-state index contributed by atoms with van der Waals surface area (Å²) in [5.41, 5.74) is 0.503. The minimum Gasteiger partial charge on any atom is -0.489 e. The standard InChI is InChI=1S/C17H23ClN2O2/c1-2-11-22-16-12-13(18)6-7-15(16)17(21)20-10-8-14-5-3-4-9-19-14/h2,6-7,12,14,19H,1,3-5,8-11H2,(H,20,21). The Bertz CT molecular complexity index is 513. The van der Waals surface area contributed by atoms with E-state index in [2.05, 4.69) is 17.2 Å². The number of ether oxygens (including phenoxy) is 1. The van der Waals surface area contributed by atoms with Crippen molar-refractivity contribution in [3.63, 3.8) is 0 Å². The molecule has 22 heavy (non-hydrogen) atoms. The van der Waals surface area contributed by atoms with E-state index >= 15 is 0 Å². The third kappa shape index (κ3) is 5.04. The summed E-state index contributed by atoms with van der Waals surface area (Å²) in [4.78, 5) is 12.3. The largest absolute Gasteiger partial charge is 0.489 e. The Morgan fingerprint density at radius 1 is 1.50 bits per heavy atom. The van der Waals surface area contributed by atoms with Gasteiger partial charge in [0.25, 0.3) is 5.91 Å². The average Bonchev–Trinajstić information content (AvgIpc) is 2.54. The topological polar surface area (TPSA) is 50.4 Å². The maximum atomic E-state index is 12.3. The summed E-state index contributed by atoms with van der Waals surface area (Å²) in [6.45, 7) is 5.68. The van der Waals surface area contributed by atoms with Crippen molar-refractivity contribution in [2.24, 2.45) is 0 Å². The summed E-state index contributed by atoms with van der Waals surface area (Å²) >= 11 is 5.96. The van der Waals surface area contributed by atoms with E-state index in [1.165, 1.54) is 19.3 Å². The lowest BCUT2D eigenvalue weighted by molar-refractivity contribution is 0.0948. The van der Waals surface area contributed by atoms with E-state index in [4.69, 9.17) is 16.3 Å². The molecule has 1 aromatic carbocycles. The van der Waals surface area contributed by atoms with Gasteiger partial charge in [-0.15, -0.1) is 0 Å². The molecular weight excluding hydrogens is 300 g/mol. The number of rotatable bonds is 7. The minimum absolute atomic E-state index is 0.133. The first kappa shape index (κ1) is 16.8. The fourth-order valence-electron chi connectivity index (χ4n) is 2.58. The van der Waals surface area contributed by atoms with E-state index in [1.54, 1.807) is 24.3 Å². The molecule has 0 aromatic heterocycles. The summed E-state index contributed by atoms with van der Waals surface area (Å²) in [7, 11) is 0. The molecule has 1 unspecified atom stereocenters. The molecule has 0 radical (unpaired) electrons. The predicted octanol–water partition coefficient (Wildman–Crippen LogP) is 3.17. The molecular formula is C17H23ClN2O2. The second kappa shape index (κ2) is 8.81. The van der Waals surface area contributed by atoms with Gasteiger partial charge in [-0.3, -0.25) is 4.79 Å². The van der Waals surface area contributed by atoms with Crippen LogP contribution in [-0.4, -0.2) is 31.6 Å². The number of hydrogen-bond donors (Lipinski definition) is 2. The zero-order valence-electron chi connectivity index (χ0n) is 12.7. The second-order valence-electron chi connectivity index (χ2n) is 5.43. The molecule has 2 rings (SSSR count). The van der Waals surface area contributed by atoms with Crippen LogP contribution in [0, 0.1) is 0 Å². The van der Waals surface area contributed by atoms with Crippen LogP contribution in [0.5, 0.6) is 5.75 Å². The Morgan fingerprint density at radius 3 is 3.09 bits per heavy atom. The average molecular weight is 323 g/mol. The summed E-state index contributed by atoms with van der Waals surface area (Å²) in [5.74, 6) is 0.354. The lowest BCUT2D eigenvalue weighted by Crippen LogP contribution is -2.37. The molecule has 1 amide bonds. The number of halogens is 1. The predicted molar refractivity (Wildman–Crippen MR) is 89.7 cm³/mol. The first-order valence-corrected chi connectivity index (χ1v) is 8.13. The molecule has 0 saturated carbocycles. The van der Waals surface area contributed by atoms with Crippen LogP contribution in [0.4, 0.5) is 0 Å². The lowest BCUT2D eigenvalue weighted by Gasteiger charge is -2.23. The molecule has 1 aromatic rings. The van der Waals surface area contributed by atoms with Crippen LogP contribution in [0.3, 0.4) is 0 Å². The van der Waals surface area contributed by atoms with E-state index in [0.29, 0.717) is 35.5 Å². The Balaban J connectivity index is 1.89. The summed E-state index contributed by atoms with van der Waals surface area (Å²) < 4.78 is 5.51. The summed E-state index contributed by atoms with van der Waals surface area (Å²) in [6, 6.07) is 5.55. The smallest absolute Gasteiger partial charge is 0.255 e. The van der Waals surface area contributed by atoms with Gasteiger partial charge in [0.1, 0.15) is 12.4 Å². The van der Waals surface area contributed by atoms with Crippen molar-refractivity contribution in [1.82, 2.24) is 10.6 Å². The van der Waals surface area contributed by atoms with Gasteiger partial charge in [-0.1, -0.05) is 30.7 Å². The summed E-state index contributed by atoms with van der Waals surface area (Å²) in [6.07, 6.45) is 6.28. The highest BCUT2D eigenvalue weighted by molar-refractivity contribution is 6.30. The van der Waals surface area contributed by atoms with E-state index < -0.39 is 0 Å². The van der Waals surface area contributed by atoms with E-state index in [9.17, 15) is 4.79 Å². The fourth-order valence-corrected chi connectivity index (χ4v) is 2.74. The van der Waals surface area contributed by atoms with Gasteiger partial charge in [-0.2, -0.15) is 0 Å². The Kier molecular flexibility index (Phi) is 6.74. The van der Waals surface area contributed by atoms with Gasteiger partial charge in [0.05, 0.1) is 5.56 Å². The van der Waals surface area contributed by atoms with Gasteiger partial charge in [0.2, 0.25) is 0 Å². The third-order valence-electron chi connectivity index (χ3n) is 3.74. The Hall–Kier alpha value is -1.52. The van der Waals surface area contributed by atoms with Gasteiger partial charge in [-0.25, -0.2) is 0 Å². The number of hydrogen-bond acceptors (Lipinski definition) is 3. The quantitative estimate of drug-likeness (QED) is 0.758. The first-order valence-electron chi connectivity index (χ1n) is 7.75. The van der Waals surface area contributed by atoms with Crippen molar-refractivity contribution >= 4 is 17.5 Å². The Morgan fingerprint density at radius 2 is 2.36 bits per heavy atom. The Labute approximate surface area is 136 Å². The number of piperidine rings is 1. The van der Waals surface area contributed by atoms with Crippen LogP contribution in [0.2, 0.25) is 5.02 Å². The lowest BCUT2D eigenvalue weighted by atomic mass is 10.0. The van der Waals surface area contributed by atoms with Crippen molar-refractivity contribution in [3.8, 4) is 5.75 Å². The zero-order valence-corrected chi connectivity index (χ0v) is 13.5. The molecule has 1 atom stereocenters. The van der Waals surface area contributed by atoms with Gasteiger partial charge >= 0.3 is 0 Å². The third-order valence-corrected chi connectivity index (χ3v) is 3.97. The monoisotopic (exact) mass is 322 g/mol. The molecule has 4 nitrogen and oxygen atoms in total. The van der Waals surface area contributed by atoms with Crippen LogP contribution >= 0.6 is 11.6 Å². The molecule has 0 aliphatic carbocycles. The van der Waals surface area contributed by atoms with E-state index in [-0.39, 0.29) is 5.91 Å². The number of amides is 1. The van der Waals surface area contributed by atoms with Gasteiger partial charge in [-0.05, 0) is 44.0 Å². The second-order valence-corrected chi connectivity index (χ2v) is 5.87.